The van der Waals surface area contributed by atoms with Gasteiger partial charge in [0.15, 0.2) is 5.76 Å². The molecule has 1 aromatic heterocycles. The lowest BCUT2D eigenvalue weighted by molar-refractivity contribution is -0.137. The van der Waals surface area contributed by atoms with Gasteiger partial charge in [0.1, 0.15) is 11.3 Å². The molecule has 2 saturated heterocycles. The highest BCUT2D eigenvalue weighted by Crippen LogP contribution is 2.59. The molecule has 1 amide bonds. The highest BCUT2D eigenvalue weighted by Gasteiger charge is 2.58. The van der Waals surface area contributed by atoms with Gasteiger partial charge in [-0.05, 0) is 130 Å². The summed E-state index contributed by atoms with van der Waals surface area (Å²) in [6.07, 6.45) is 2.28. The first-order valence-electron chi connectivity index (χ1n) is 20.6. The summed E-state index contributed by atoms with van der Waals surface area (Å²) < 4.78 is 46.9. The van der Waals surface area contributed by atoms with Crippen molar-refractivity contribution in [3.63, 3.8) is 0 Å². The van der Waals surface area contributed by atoms with E-state index in [1.807, 2.05) is 48.5 Å². The Hall–Kier alpha value is -4.42. The van der Waals surface area contributed by atoms with Crippen molar-refractivity contribution in [1.82, 2.24) is 10.2 Å². The maximum Gasteiger partial charge on any atom is 0.416 e. The molecule has 2 bridgehead atoms. The SMILES string of the molecule is CC1=CCC[C@@]2(C)[C@@H](CC[C@@]2(O)CN2CCC3(CC2)C(=O)NCN3c2ccccc2)c2ccc(cc2C(=O)c2ccc(-c3cc(C(F)(F)F)ccc3Cl)o2)C[C@@H](O)CC1. The molecule has 3 heterocycles. The number of aliphatic hydroxyl groups is 2. The number of fused-ring (bicyclic) bond motifs is 8. The number of rotatable bonds is 6. The van der Waals surface area contributed by atoms with Crippen LogP contribution in [-0.2, 0) is 17.4 Å². The van der Waals surface area contributed by atoms with Crippen LogP contribution in [0.5, 0.6) is 0 Å². The molecular weight excluding hydrogens is 779 g/mol. The van der Waals surface area contributed by atoms with Crippen molar-refractivity contribution in [2.75, 3.05) is 31.2 Å². The number of halogens is 4. The van der Waals surface area contributed by atoms with Crippen LogP contribution in [0.25, 0.3) is 11.3 Å². The number of aliphatic hydroxyl groups excluding tert-OH is 1. The molecule has 8 nitrogen and oxygen atoms in total. The average molecular weight is 830 g/mol. The minimum absolute atomic E-state index is 0.0221. The second-order valence-electron chi connectivity index (χ2n) is 17.4. The van der Waals surface area contributed by atoms with Gasteiger partial charge in [0, 0.05) is 41.9 Å². The van der Waals surface area contributed by atoms with E-state index in [-0.39, 0.29) is 33.9 Å². The van der Waals surface area contributed by atoms with E-state index in [9.17, 15) is 33.0 Å². The Morgan fingerprint density at radius 1 is 0.983 bits per heavy atom. The number of nitrogens with zero attached hydrogens (tertiary/aromatic N) is 2. The zero-order valence-corrected chi connectivity index (χ0v) is 34.2. The molecule has 3 N–H and O–H groups in total. The van der Waals surface area contributed by atoms with Crippen molar-refractivity contribution in [3.05, 3.63) is 124 Å². The maximum absolute atomic E-state index is 14.6. The van der Waals surface area contributed by atoms with Crippen LogP contribution in [0.2, 0.25) is 5.02 Å². The molecular formula is C47H51ClF3N3O5. The lowest BCUT2D eigenvalue weighted by Gasteiger charge is -2.49. The van der Waals surface area contributed by atoms with Gasteiger partial charge >= 0.3 is 6.18 Å². The van der Waals surface area contributed by atoms with Crippen LogP contribution in [0.1, 0.15) is 104 Å². The molecule has 1 spiro atoms. The van der Waals surface area contributed by atoms with Crippen LogP contribution >= 0.6 is 11.6 Å². The fourth-order valence-corrected chi connectivity index (χ4v) is 10.5. The van der Waals surface area contributed by atoms with E-state index < -0.39 is 40.2 Å². The van der Waals surface area contributed by atoms with E-state index in [1.165, 1.54) is 17.7 Å². The normalized spacial score (nSPS) is 26.4. The third-order valence-electron chi connectivity index (χ3n) is 13.9. The van der Waals surface area contributed by atoms with Gasteiger partial charge in [-0.25, -0.2) is 0 Å². The third kappa shape index (κ3) is 7.75. The minimum Gasteiger partial charge on any atom is -0.453 e. The topological polar surface area (TPSA) is 106 Å². The average Bonchev–Trinajstić information content (AvgIpc) is 3.89. The maximum atomic E-state index is 14.6. The second kappa shape index (κ2) is 15.9. The summed E-state index contributed by atoms with van der Waals surface area (Å²) in [6, 6.07) is 21.6. The zero-order valence-electron chi connectivity index (χ0n) is 33.5. The van der Waals surface area contributed by atoms with Gasteiger partial charge in [0.05, 0.1) is 29.0 Å². The Morgan fingerprint density at radius 2 is 1.75 bits per heavy atom. The summed E-state index contributed by atoms with van der Waals surface area (Å²) in [7, 11) is 0. The first-order valence-corrected chi connectivity index (χ1v) is 21.0. The van der Waals surface area contributed by atoms with Crippen molar-refractivity contribution in [1.29, 1.82) is 0 Å². The summed E-state index contributed by atoms with van der Waals surface area (Å²) in [4.78, 5) is 32.5. The smallest absolute Gasteiger partial charge is 0.416 e. The molecule has 3 aromatic carbocycles. The van der Waals surface area contributed by atoms with E-state index in [2.05, 4.69) is 35.0 Å². The van der Waals surface area contributed by atoms with Gasteiger partial charge in [-0.15, -0.1) is 0 Å². The summed E-state index contributed by atoms with van der Waals surface area (Å²) >= 11 is 6.35. The number of carbonyl (C=O) groups excluding carboxylic acids is 2. The highest BCUT2D eigenvalue weighted by molar-refractivity contribution is 6.33. The Morgan fingerprint density at radius 3 is 2.49 bits per heavy atom. The number of β-amino-alcohol motifs (C(OH)–C–C–N with tert-alkyl or cyclic N) is 1. The van der Waals surface area contributed by atoms with Crippen LogP contribution < -0.4 is 10.2 Å². The van der Waals surface area contributed by atoms with Crippen molar-refractivity contribution in [2.45, 2.75) is 101 Å². The number of hydrogen-bond acceptors (Lipinski definition) is 7. The minimum atomic E-state index is -4.60. The number of ketones is 1. The number of piperidine rings is 1. The molecule has 3 fully saturated rings. The molecule has 4 atom stereocenters. The number of hydrogen-bond donors (Lipinski definition) is 3. The Kier molecular flexibility index (Phi) is 11.1. The molecule has 0 unspecified atom stereocenters. The van der Waals surface area contributed by atoms with Crippen LogP contribution in [0.4, 0.5) is 18.9 Å². The summed E-state index contributed by atoms with van der Waals surface area (Å²) in [6.45, 7) is 6.36. The van der Waals surface area contributed by atoms with Crippen molar-refractivity contribution >= 4 is 29.0 Å². The van der Waals surface area contributed by atoms with E-state index >= 15 is 0 Å². The number of nitrogens with one attached hydrogen (secondary N) is 1. The number of para-hydroxylation sites is 1. The van der Waals surface area contributed by atoms with E-state index in [1.54, 1.807) is 0 Å². The number of alkyl halides is 3. The number of amides is 1. The van der Waals surface area contributed by atoms with Crippen LogP contribution in [0, 0.1) is 5.41 Å². The summed E-state index contributed by atoms with van der Waals surface area (Å²) in [5.41, 5.74) is 0.764. The fraction of sp³-hybridized carbons (Fsp3) is 0.447. The Balaban J connectivity index is 1.11. The van der Waals surface area contributed by atoms with Gasteiger partial charge in [0.2, 0.25) is 11.7 Å². The third-order valence-corrected chi connectivity index (χ3v) is 14.2. The number of allylic oxidation sites excluding steroid dienone is 2. The van der Waals surface area contributed by atoms with Crippen LogP contribution in [0.15, 0.2) is 94.9 Å². The molecule has 3 aliphatic carbocycles. The van der Waals surface area contributed by atoms with Gasteiger partial charge < -0.3 is 29.7 Å². The number of benzene rings is 3. The first kappa shape index (κ1) is 41.3. The largest absolute Gasteiger partial charge is 0.453 e. The zero-order chi connectivity index (χ0) is 41.7. The fourth-order valence-electron chi connectivity index (χ4n) is 10.3. The van der Waals surface area contributed by atoms with E-state index in [0.717, 1.165) is 35.0 Å². The molecule has 12 heteroatoms. The van der Waals surface area contributed by atoms with Gasteiger partial charge in [-0.2, -0.15) is 13.2 Å². The van der Waals surface area contributed by atoms with Crippen LogP contribution in [-0.4, -0.2) is 70.4 Å². The molecule has 5 aliphatic rings. The van der Waals surface area contributed by atoms with Crippen molar-refractivity contribution in [3.8, 4) is 11.3 Å². The molecule has 2 aliphatic heterocycles. The molecule has 9 rings (SSSR count). The number of carbonyl (C=O) groups is 2. The van der Waals surface area contributed by atoms with Gasteiger partial charge in [-0.3, -0.25) is 9.59 Å². The number of likely N-dealkylation sites (tertiary alicyclic amines) is 1. The van der Waals surface area contributed by atoms with E-state index in [0.29, 0.717) is 89.7 Å². The molecule has 0 radical (unpaired) electrons. The predicted octanol–water partition coefficient (Wildman–Crippen LogP) is 9.32. The molecule has 312 valence electrons. The molecule has 4 aromatic rings. The van der Waals surface area contributed by atoms with Crippen molar-refractivity contribution < 1.29 is 37.4 Å². The van der Waals surface area contributed by atoms with Gasteiger partial charge in [-0.1, -0.05) is 60.5 Å². The number of furan rings is 1. The lowest BCUT2D eigenvalue weighted by atomic mass is 9.64. The Bertz CT molecular complexity index is 2250. The molecule has 59 heavy (non-hydrogen) atoms. The monoisotopic (exact) mass is 829 g/mol. The standard InChI is InChI=1S/C47H51ClF3N3O5/c1-30-7-6-19-44(2)38(18-20-46(44,58)28-53-23-21-45(22-24-53)43(57)52-29-54(45)33-8-4-3-5-9-33)35-14-11-31(25-34(55)13-10-30)26-36(35)42(56)41-17-16-40(59-41)37-27-32(47(49,50)51)12-15-39(37)48/h3-5,7-9,11-12,14-17,26-27,34,38,55,58H,6,10,13,18-25,28-29H2,1-2H3,(H,52,57)/t34-,38-,44-,46+/m0/s1. The first-order chi connectivity index (χ1) is 28.1. The highest BCUT2D eigenvalue weighted by atomic mass is 35.5. The predicted molar refractivity (Wildman–Crippen MR) is 221 cm³/mol. The van der Waals surface area contributed by atoms with E-state index in [4.69, 9.17) is 16.0 Å². The van der Waals surface area contributed by atoms with Crippen LogP contribution in [0.3, 0.4) is 0 Å². The number of anilines is 1. The second-order valence-corrected chi connectivity index (χ2v) is 17.8. The quantitative estimate of drug-likeness (QED) is 0.131. The summed E-state index contributed by atoms with van der Waals surface area (Å²) in [5, 5.41) is 27.2. The van der Waals surface area contributed by atoms with Crippen molar-refractivity contribution in [2.24, 2.45) is 5.41 Å². The Labute approximate surface area is 348 Å². The molecule has 1 saturated carbocycles. The summed E-state index contributed by atoms with van der Waals surface area (Å²) in [5.74, 6) is -0.655. The lowest BCUT2D eigenvalue weighted by Crippen LogP contribution is -2.59. The van der Waals surface area contributed by atoms with Gasteiger partial charge in [0.25, 0.3) is 0 Å².